The maximum atomic E-state index is 13.9. The van der Waals surface area contributed by atoms with Gasteiger partial charge in [-0.1, -0.05) is 0 Å². The highest BCUT2D eigenvalue weighted by molar-refractivity contribution is 6.06. The number of piperidine rings is 1. The molecule has 10 heteroatoms. The molecule has 0 saturated carbocycles. The minimum absolute atomic E-state index is 0.144. The van der Waals surface area contributed by atoms with Gasteiger partial charge in [0.25, 0.3) is 17.4 Å². The number of carbonyl (C=O) groups excluding carboxylic acids is 2. The highest BCUT2D eigenvalue weighted by atomic mass is 19.1. The summed E-state index contributed by atoms with van der Waals surface area (Å²) >= 11 is 0. The highest BCUT2D eigenvalue weighted by Gasteiger charge is 2.19. The molecular formula is C26H31FN6O3. The predicted octanol–water partition coefficient (Wildman–Crippen LogP) is 2.36. The quantitative estimate of drug-likeness (QED) is 0.327. The van der Waals surface area contributed by atoms with E-state index >= 15 is 0 Å². The van der Waals surface area contributed by atoms with E-state index < -0.39 is 17.3 Å². The molecule has 2 aromatic carbocycles. The number of aromatic nitrogens is 1. The number of benzene rings is 2. The van der Waals surface area contributed by atoms with Crippen molar-refractivity contribution in [1.82, 2.24) is 15.2 Å². The third-order valence-electron chi connectivity index (χ3n) is 6.54. The van der Waals surface area contributed by atoms with E-state index in [9.17, 15) is 18.8 Å². The Bertz CT molecular complexity index is 1300. The lowest BCUT2D eigenvalue weighted by atomic mass is 9.96. The second-order valence-corrected chi connectivity index (χ2v) is 8.99. The Morgan fingerprint density at radius 2 is 1.83 bits per heavy atom. The number of halogens is 1. The summed E-state index contributed by atoms with van der Waals surface area (Å²) in [6.45, 7) is 4.19. The van der Waals surface area contributed by atoms with Gasteiger partial charge in [-0.3, -0.25) is 14.4 Å². The summed E-state index contributed by atoms with van der Waals surface area (Å²) in [6.07, 6.45) is 2.06. The number of hydrogen-bond acceptors (Lipinski definition) is 6. The van der Waals surface area contributed by atoms with Crippen LogP contribution in [-0.2, 0) is 0 Å². The molecule has 0 aliphatic carbocycles. The van der Waals surface area contributed by atoms with Crippen LogP contribution in [0.5, 0.6) is 0 Å². The number of nitrogens with two attached hydrogens (primary N) is 1. The van der Waals surface area contributed by atoms with Crippen LogP contribution in [0.25, 0.3) is 10.9 Å². The number of nitrogens with one attached hydrogen (secondary N) is 4. The first-order chi connectivity index (χ1) is 17.4. The van der Waals surface area contributed by atoms with E-state index in [0.717, 1.165) is 32.5 Å². The summed E-state index contributed by atoms with van der Waals surface area (Å²) in [5, 5.41) is 8.86. The summed E-state index contributed by atoms with van der Waals surface area (Å²) in [5.74, 6) is -0.854. The summed E-state index contributed by atoms with van der Waals surface area (Å²) in [5.41, 5.74) is 6.62. The summed E-state index contributed by atoms with van der Waals surface area (Å²) in [7, 11) is 1.62. The topological polar surface area (TPSA) is 132 Å². The van der Waals surface area contributed by atoms with E-state index in [1.165, 1.54) is 18.2 Å². The molecule has 4 rings (SSSR count). The van der Waals surface area contributed by atoms with Crippen LogP contribution in [0.3, 0.4) is 0 Å². The van der Waals surface area contributed by atoms with Crippen molar-refractivity contribution in [3.8, 4) is 0 Å². The van der Waals surface area contributed by atoms with Crippen molar-refractivity contribution in [1.29, 1.82) is 0 Å². The molecule has 0 unspecified atom stereocenters. The Morgan fingerprint density at radius 1 is 1.11 bits per heavy atom. The third kappa shape index (κ3) is 5.89. The first-order valence-electron chi connectivity index (χ1n) is 12.0. The molecule has 190 valence electrons. The number of rotatable bonds is 8. The summed E-state index contributed by atoms with van der Waals surface area (Å²) in [4.78, 5) is 42.8. The van der Waals surface area contributed by atoms with Crippen molar-refractivity contribution in [3.63, 3.8) is 0 Å². The molecule has 1 aliphatic rings. The number of carbonyl (C=O) groups is 2. The van der Waals surface area contributed by atoms with Gasteiger partial charge in [0.05, 0.1) is 11.2 Å². The van der Waals surface area contributed by atoms with Crippen LogP contribution in [0, 0.1) is 11.7 Å². The normalized spacial score (nSPS) is 14.5. The highest BCUT2D eigenvalue weighted by Crippen LogP contribution is 2.23. The van der Waals surface area contributed by atoms with Crippen molar-refractivity contribution in [2.75, 3.05) is 50.4 Å². The lowest BCUT2D eigenvalue weighted by Gasteiger charge is -2.31. The standard InChI is InChI=1S/C26H31FN6O3/c1-29-22-14-19(27)12-18-13-21(26(36)32-23(18)22)25(35)31-20-4-2-17(3-5-20)24(34)30-15-16-6-9-33(10-7-16)11-8-28/h2-5,12-14,16,29H,6-11,15,28H2,1H3,(H,30,34)(H,31,35)(H,32,36). The molecule has 1 aliphatic heterocycles. The van der Waals surface area contributed by atoms with Crippen LogP contribution in [-0.4, -0.2) is 61.5 Å². The number of likely N-dealkylation sites (tertiary alicyclic amines) is 1. The third-order valence-corrected chi connectivity index (χ3v) is 6.54. The largest absolute Gasteiger partial charge is 0.386 e. The SMILES string of the molecule is CNc1cc(F)cc2cc(C(=O)Nc3ccc(C(=O)NCC4CCN(CCN)CC4)cc3)c(=O)[nH]c12. The van der Waals surface area contributed by atoms with Gasteiger partial charge in [0.2, 0.25) is 0 Å². The lowest BCUT2D eigenvalue weighted by Crippen LogP contribution is -2.40. The van der Waals surface area contributed by atoms with Gasteiger partial charge in [-0.2, -0.15) is 0 Å². The number of nitrogens with zero attached hydrogens (tertiary/aromatic N) is 1. The van der Waals surface area contributed by atoms with Gasteiger partial charge in [-0.05, 0) is 74.3 Å². The maximum absolute atomic E-state index is 13.9. The zero-order valence-electron chi connectivity index (χ0n) is 20.2. The number of H-pyrrole nitrogens is 1. The predicted molar refractivity (Wildman–Crippen MR) is 139 cm³/mol. The van der Waals surface area contributed by atoms with E-state index in [2.05, 4.69) is 25.8 Å². The summed E-state index contributed by atoms with van der Waals surface area (Å²) in [6, 6.07) is 10.3. The van der Waals surface area contributed by atoms with Crippen molar-refractivity contribution < 1.29 is 14.0 Å². The van der Waals surface area contributed by atoms with Crippen LogP contribution in [0.2, 0.25) is 0 Å². The van der Waals surface area contributed by atoms with Gasteiger partial charge < -0.3 is 31.6 Å². The molecule has 0 bridgehead atoms. The molecule has 2 amide bonds. The van der Waals surface area contributed by atoms with Crippen LogP contribution in [0.4, 0.5) is 15.8 Å². The number of fused-ring (bicyclic) bond motifs is 1. The van der Waals surface area contributed by atoms with E-state index in [4.69, 9.17) is 5.73 Å². The second-order valence-electron chi connectivity index (χ2n) is 8.99. The molecule has 0 spiro atoms. The Morgan fingerprint density at radius 3 is 2.50 bits per heavy atom. The minimum atomic E-state index is -0.633. The van der Waals surface area contributed by atoms with E-state index in [0.29, 0.717) is 46.8 Å². The molecule has 6 N–H and O–H groups in total. The molecule has 2 heterocycles. The van der Waals surface area contributed by atoms with Crippen molar-refractivity contribution in [2.45, 2.75) is 12.8 Å². The fourth-order valence-corrected chi connectivity index (χ4v) is 4.49. The summed E-state index contributed by atoms with van der Waals surface area (Å²) < 4.78 is 13.9. The second kappa shape index (κ2) is 11.3. The van der Waals surface area contributed by atoms with Gasteiger partial charge in [0.1, 0.15) is 11.4 Å². The van der Waals surface area contributed by atoms with E-state index in [1.807, 2.05) is 0 Å². The Balaban J connectivity index is 1.36. The number of anilines is 2. The molecule has 0 radical (unpaired) electrons. The van der Waals surface area contributed by atoms with Gasteiger partial charge >= 0.3 is 0 Å². The Labute approximate surface area is 208 Å². The fourth-order valence-electron chi connectivity index (χ4n) is 4.49. The molecule has 36 heavy (non-hydrogen) atoms. The molecular weight excluding hydrogens is 463 g/mol. The lowest BCUT2D eigenvalue weighted by molar-refractivity contribution is 0.0936. The first-order valence-corrected chi connectivity index (χ1v) is 12.0. The number of pyridine rings is 1. The van der Waals surface area contributed by atoms with Gasteiger partial charge in [-0.15, -0.1) is 0 Å². The van der Waals surface area contributed by atoms with E-state index in [1.54, 1.807) is 31.3 Å². The Kier molecular flexibility index (Phi) is 7.97. The average molecular weight is 495 g/mol. The van der Waals surface area contributed by atoms with Crippen molar-refractivity contribution in [3.05, 3.63) is 69.8 Å². The monoisotopic (exact) mass is 494 g/mol. The molecule has 1 fully saturated rings. The first kappa shape index (κ1) is 25.3. The van der Waals surface area contributed by atoms with Crippen LogP contribution in [0.1, 0.15) is 33.6 Å². The van der Waals surface area contributed by atoms with Crippen LogP contribution in [0.15, 0.2) is 47.3 Å². The fraction of sp³-hybridized carbons (Fsp3) is 0.346. The van der Waals surface area contributed by atoms with Crippen LogP contribution < -0.4 is 27.2 Å². The number of hydrogen-bond donors (Lipinski definition) is 5. The smallest absolute Gasteiger partial charge is 0.261 e. The van der Waals surface area contributed by atoms with Crippen LogP contribution >= 0.6 is 0 Å². The molecule has 1 aromatic heterocycles. The van der Waals surface area contributed by atoms with E-state index in [-0.39, 0.29) is 11.5 Å². The van der Waals surface area contributed by atoms with Gasteiger partial charge in [0, 0.05) is 43.3 Å². The molecule has 1 saturated heterocycles. The molecule has 0 atom stereocenters. The van der Waals surface area contributed by atoms with Gasteiger partial charge in [0.15, 0.2) is 0 Å². The van der Waals surface area contributed by atoms with Gasteiger partial charge in [-0.25, -0.2) is 4.39 Å². The molecule has 3 aromatic rings. The van der Waals surface area contributed by atoms with Crippen molar-refractivity contribution in [2.24, 2.45) is 11.7 Å². The number of aromatic amines is 1. The number of amides is 2. The molecule has 9 nitrogen and oxygen atoms in total. The zero-order valence-corrected chi connectivity index (χ0v) is 20.2. The zero-order chi connectivity index (χ0) is 25.7. The minimum Gasteiger partial charge on any atom is -0.386 e. The Hall–Kier alpha value is -3.76. The maximum Gasteiger partial charge on any atom is 0.261 e. The average Bonchev–Trinajstić information content (AvgIpc) is 2.88. The van der Waals surface area contributed by atoms with Crippen molar-refractivity contribution >= 4 is 34.1 Å².